The Kier molecular flexibility index (Phi) is 4.29. The lowest BCUT2D eigenvalue weighted by molar-refractivity contribution is 0.371. The zero-order chi connectivity index (χ0) is 12.3. The predicted molar refractivity (Wildman–Crippen MR) is 71.7 cm³/mol. The van der Waals surface area contributed by atoms with E-state index in [9.17, 15) is 5.11 Å². The summed E-state index contributed by atoms with van der Waals surface area (Å²) in [6.45, 7) is 1.10. The van der Waals surface area contributed by atoms with Crippen molar-refractivity contribution in [3.05, 3.63) is 22.2 Å². The summed E-state index contributed by atoms with van der Waals surface area (Å²) in [5, 5.41) is 13.3. The summed E-state index contributed by atoms with van der Waals surface area (Å²) in [5.74, 6) is 0.721. The maximum absolute atomic E-state index is 9.78. The third-order valence-electron chi connectivity index (χ3n) is 3.23. The lowest BCUT2D eigenvalue weighted by Crippen LogP contribution is -2.35. The van der Waals surface area contributed by atoms with Gasteiger partial charge < -0.3 is 15.2 Å². The van der Waals surface area contributed by atoms with Crippen LogP contribution >= 0.6 is 15.9 Å². The van der Waals surface area contributed by atoms with Gasteiger partial charge in [-0.15, -0.1) is 0 Å². The van der Waals surface area contributed by atoms with E-state index in [-0.39, 0.29) is 5.75 Å². The van der Waals surface area contributed by atoms with Crippen molar-refractivity contribution in [3.63, 3.8) is 0 Å². The summed E-state index contributed by atoms with van der Waals surface area (Å²) in [7, 11) is 1.56. The SMILES string of the molecule is COc1cc(Br)c(CC2CCCCN2)cc1O. The molecule has 1 heterocycles. The Morgan fingerprint density at radius 2 is 2.29 bits per heavy atom. The van der Waals surface area contributed by atoms with E-state index >= 15 is 0 Å². The number of phenolic OH excluding ortho intramolecular Hbond substituents is 1. The first-order valence-electron chi connectivity index (χ1n) is 5.99. The van der Waals surface area contributed by atoms with Crippen LogP contribution in [0.2, 0.25) is 0 Å². The summed E-state index contributed by atoms with van der Waals surface area (Å²) in [6.07, 6.45) is 4.71. The van der Waals surface area contributed by atoms with E-state index in [0.717, 1.165) is 23.0 Å². The Balaban J connectivity index is 2.12. The van der Waals surface area contributed by atoms with Gasteiger partial charge >= 0.3 is 0 Å². The molecule has 1 aromatic rings. The third-order valence-corrected chi connectivity index (χ3v) is 3.96. The minimum absolute atomic E-state index is 0.210. The van der Waals surface area contributed by atoms with Gasteiger partial charge in [-0.3, -0.25) is 0 Å². The standard InChI is InChI=1S/C13H18BrNO2/c1-17-13-8-11(14)9(7-12(13)16)6-10-4-2-3-5-15-10/h7-8,10,15-16H,2-6H2,1H3. The van der Waals surface area contributed by atoms with Gasteiger partial charge in [-0.25, -0.2) is 0 Å². The molecular weight excluding hydrogens is 282 g/mol. The van der Waals surface area contributed by atoms with Gasteiger partial charge in [0.25, 0.3) is 0 Å². The summed E-state index contributed by atoms with van der Waals surface area (Å²) in [6, 6.07) is 4.14. The van der Waals surface area contributed by atoms with Crippen molar-refractivity contribution in [1.29, 1.82) is 0 Å². The molecule has 0 radical (unpaired) electrons. The second-order valence-electron chi connectivity index (χ2n) is 4.47. The maximum atomic E-state index is 9.78. The highest BCUT2D eigenvalue weighted by atomic mass is 79.9. The minimum atomic E-state index is 0.210. The van der Waals surface area contributed by atoms with Crippen LogP contribution in [0.25, 0.3) is 0 Å². The average molecular weight is 300 g/mol. The van der Waals surface area contributed by atoms with Gasteiger partial charge in [-0.2, -0.15) is 0 Å². The zero-order valence-electron chi connectivity index (χ0n) is 10.0. The minimum Gasteiger partial charge on any atom is -0.504 e. The molecule has 1 aliphatic heterocycles. The molecule has 4 heteroatoms. The number of nitrogens with one attached hydrogen (secondary N) is 1. The molecule has 1 aromatic carbocycles. The fraction of sp³-hybridized carbons (Fsp3) is 0.538. The molecule has 1 unspecified atom stereocenters. The van der Waals surface area contributed by atoms with Crippen molar-refractivity contribution in [1.82, 2.24) is 5.32 Å². The van der Waals surface area contributed by atoms with Crippen LogP contribution in [0.1, 0.15) is 24.8 Å². The van der Waals surface area contributed by atoms with Crippen LogP contribution in [0.15, 0.2) is 16.6 Å². The van der Waals surface area contributed by atoms with Gasteiger partial charge in [0.15, 0.2) is 11.5 Å². The third kappa shape index (κ3) is 3.13. The highest BCUT2D eigenvalue weighted by molar-refractivity contribution is 9.10. The van der Waals surface area contributed by atoms with Gasteiger partial charge in [0, 0.05) is 10.5 Å². The molecule has 3 nitrogen and oxygen atoms in total. The lowest BCUT2D eigenvalue weighted by Gasteiger charge is -2.24. The van der Waals surface area contributed by atoms with E-state index in [1.165, 1.54) is 19.3 Å². The lowest BCUT2D eigenvalue weighted by atomic mass is 9.97. The molecule has 1 aliphatic rings. The first-order chi connectivity index (χ1) is 8.20. The molecule has 0 aromatic heterocycles. The van der Waals surface area contributed by atoms with Crippen LogP contribution in [0.4, 0.5) is 0 Å². The van der Waals surface area contributed by atoms with Crippen molar-refractivity contribution in [2.24, 2.45) is 0 Å². The van der Waals surface area contributed by atoms with Crippen molar-refractivity contribution >= 4 is 15.9 Å². The van der Waals surface area contributed by atoms with Gasteiger partial charge in [0.2, 0.25) is 0 Å². The summed E-state index contributed by atoms with van der Waals surface area (Å²) >= 11 is 3.53. The summed E-state index contributed by atoms with van der Waals surface area (Å²) < 4.78 is 6.07. The molecular formula is C13H18BrNO2. The zero-order valence-corrected chi connectivity index (χ0v) is 11.6. The number of halogens is 1. The molecule has 0 aliphatic carbocycles. The second-order valence-corrected chi connectivity index (χ2v) is 5.32. The first kappa shape index (κ1) is 12.7. The highest BCUT2D eigenvalue weighted by Crippen LogP contribution is 2.33. The Labute approximate surface area is 110 Å². The molecule has 1 atom stereocenters. The van der Waals surface area contributed by atoms with Crippen molar-refractivity contribution < 1.29 is 9.84 Å². The van der Waals surface area contributed by atoms with Gasteiger partial charge in [0.1, 0.15) is 0 Å². The second kappa shape index (κ2) is 5.74. The number of phenols is 1. The van der Waals surface area contributed by atoms with Crippen LogP contribution in [0.5, 0.6) is 11.5 Å². The number of piperidine rings is 1. The maximum Gasteiger partial charge on any atom is 0.161 e. The topological polar surface area (TPSA) is 41.5 Å². The number of aromatic hydroxyl groups is 1. The number of methoxy groups -OCH3 is 1. The van der Waals surface area contributed by atoms with E-state index in [1.807, 2.05) is 6.07 Å². The van der Waals surface area contributed by atoms with Gasteiger partial charge in [-0.05, 0) is 43.5 Å². The normalized spacial score (nSPS) is 20.2. The Morgan fingerprint density at radius 3 is 2.94 bits per heavy atom. The van der Waals surface area contributed by atoms with Gasteiger partial charge in [0.05, 0.1) is 7.11 Å². The van der Waals surface area contributed by atoms with Crippen molar-refractivity contribution in [2.75, 3.05) is 13.7 Å². The van der Waals surface area contributed by atoms with E-state index in [4.69, 9.17) is 4.74 Å². The fourth-order valence-electron chi connectivity index (χ4n) is 2.27. The van der Waals surface area contributed by atoms with E-state index in [0.29, 0.717) is 11.8 Å². The smallest absolute Gasteiger partial charge is 0.161 e. The number of hydrogen-bond acceptors (Lipinski definition) is 3. The monoisotopic (exact) mass is 299 g/mol. The molecule has 2 rings (SSSR count). The number of hydrogen-bond donors (Lipinski definition) is 2. The quantitative estimate of drug-likeness (QED) is 0.902. The largest absolute Gasteiger partial charge is 0.504 e. The fourth-order valence-corrected chi connectivity index (χ4v) is 2.75. The first-order valence-corrected chi connectivity index (χ1v) is 6.78. The molecule has 0 saturated carbocycles. The number of benzene rings is 1. The molecule has 1 fully saturated rings. The van der Waals surface area contributed by atoms with Crippen LogP contribution in [-0.2, 0) is 6.42 Å². The molecule has 0 spiro atoms. The highest BCUT2D eigenvalue weighted by Gasteiger charge is 2.16. The van der Waals surface area contributed by atoms with E-state index in [1.54, 1.807) is 13.2 Å². The van der Waals surface area contributed by atoms with E-state index < -0.39 is 0 Å². The van der Waals surface area contributed by atoms with E-state index in [2.05, 4.69) is 21.2 Å². The van der Waals surface area contributed by atoms with Crippen molar-refractivity contribution in [3.8, 4) is 11.5 Å². The van der Waals surface area contributed by atoms with Crippen LogP contribution in [-0.4, -0.2) is 24.8 Å². The Hall–Kier alpha value is -0.740. The number of rotatable bonds is 3. The molecule has 0 amide bonds. The average Bonchev–Trinajstić information content (AvgIpc) is 2.34. The molecule has 94 valence electrons. The van der Waals surface area contributed by atoms with Crippen LogP contribution in [0, 0.1) is 0 Å². The Bertz CT molecular complexity index is 389. The van der Waals surface area contributed by atoms with Gasteiger partial charge in [-0.1, -0.05) is 22.4 Å². The Morgan fingerprint density at radius 1 is 1.47 bits per heavy atom. The summed E-state index contributed by atoms with van der Waals surface area (Å²) in [5.41, 5.74) is 1.13. The molecule has 2 N–H and O–H groups in total. The molecule has 0 bridgehead atoms. The van der Waals surface area contributed by atoms with Crippen LogP contribution < -0.4 is 10.1 Å². The molecule has 1 saturated heterocycles. The number of ether oxygens (including phenoxy) is 1. The molecule has 17 heavy (non-hydrogen) atoms. The van der Waals surface area contributed by atoms with Crippen LogP contribution in [0.3, 0.4) is 0 Å². The predicted octanol–water partition coefficient (Wildman–Crippen LogP) is 2.85. The van der Waals surface area contributed by atoms with Crippen molar-refractivity contribution in [2.45, 2.75) is 31.7 Å². The summed E-state index contributed by atoms with van der Waals surface area (Å²) in [4.78, 5) is 0.